The summed E-state index contributed by atoms with van der Waals surface area (Å²) >= 11 is 3.35. The van der Waals surface area contributed by atoms with Gasteiger partial charge in [0, 0.05) is 55.7 Å². The number of piperazine rings is 1. The zero-order chi connectivity index (χ0) is 19.4. The summed E-state index contributed by atoms with van der Waals surface area (Å²) in [5.74, 6) is 0.862. The van der Waals surface area contributed by atoms with E-state index in [0.29, 0.717) is 42.2 Å². The van der Waals surface area contributed by atoms with Gasteiger partial charge in [0.2, 0.25) is 10.0 Å². The Morgan fingerprint density at radius 3 is 2.22 bits per heavy atom. The number of sulfonamides is 1. The molecule has 0 aliphatic carbocycles. The number of ether oxygens (including phenoxy) is 2. The van der Waals surface area contributed by atoms with Gasteiger partial charge < -0.3 is 9.47 Å². The van der Waals surface area contributed by atoms with Crippen LogP contribution in [0.1, 0.15) is 5.56 Å². The predicted molar refractivity (Wildman–Crippen MR) is 106 cm³/mol. The number of benzene rings is 1. The number of methoxy groups -OCH3 is 2. The van der Waals surface area contributed by atoms with Crippen molar-refractivity contribution >= 4 is 26.0 Å². The Bertz CT molecular complexity index is 885. The molecule has 1 fully saturated rings. The van der Waals surface area contributed by atoms with Crippen molar-refractivity contribution in [2.75, 3.05) is 40.4 Å². The van der Waals surface area contributed by atoms with Gasteiger partial charge in [0.1, 0.15) is 4.90 Å². The molecule has 0 amide bonds. The lowest BCUT2D eigenvalue weighted by Gasteiger charge is -2.34. The Kier molecular flexibility index (Phi) is 6.36. The first-order valence-corrected chi connectivity index (χ1v) is 10.7. The molecular weight excluding hydrogens is 434 g/mol. The van der Waals surface area contributed by atoms with Gasteiger partial charge in [0.25, 0.3) is 0 Å². The molecule has 0 bridgehead atoms. The molecule has 146 valence electrons. The maximum Gasteiger partial charge on any atom is 0.244 e. The minimum Gasteiger partial charge on any atom is -0.493 e. The fourth-order valence-electron chi connectivity index (χ4n) is 3.05. The molecule has 0 saturated carbocycles. The molecule has 0 radical (unpaired) electrons. The fraction of sp³-hybridized carbons (Fsp3) is 0.389. The average molecular weight is 456 g/mol. The van der Waals surface area contributed by atoms with Gasteiger partial charge in [-0.2, -0.15) is 4.31 Å². The molecule has 1 aromatic heterocycles. The van der Waals surface area contributed by atoms with Crippen molar-refractivity contribution in [2.45, 2.75) is 11.4 Å². The SMILES string of the molecule is COc1cc(Br)c(S(=O)(=O)N2CCN(Cc3ccncc3)CC2)cc1OC. The summed E-state index contributed by atoms with van der Waals surface area (Å²) < 4.78 is 38.7. The first-order valence-electron chi connectivity index (χ1n) is 8.48. The second-order valence-corrected chi connectivity index (χ2v) is 8.93. The molecule has 0 spiro atoms. The van der Waals surface area contributed by atoms with E-state index in [1.165, 1.54) is 30.2 Å². The Balaban J connectivity index is 1.73. The Morgan fingerprint density at radius 1 is 1.04 bits per heavy atom. The first kappa shape index (κ1) is 20.1. The Morgan fingerprint density at radius 2 is 1.63 bits per heavy atom. The molecular formula is C18H22BrN3O4S. The lowest BCUT2D eigenvalue weighted by Crippen LogP contribution is -2.48. The minimum absolute atomic E-state index is 0.183. The van der Waals surface area contributed by atoms with E-state index in [-0.39, 0.29) is 4.90 Å². The van der Waals surface area contributed by atoms with E-state index in [4.69, 9.17) is 9.47 Å². The monoisotopic (exact) mass is 455 g/mol. The van der Waals surface area contributed by atoms with E-state index in [0.717, 1.165) is 6.54 Å². The highest BCUT2D eigenvalue weighted by atomic mass is 79.9. The molecule has 2 aromatic rings. The van der Waals surface area contributed by atoms with Crippen LogP contribution < -0.4 is 9.47 Å². The molecule has 27 heavy (non-hydrogen) atoms. The number of aromatic nitrogens is 1. The minimum atomic E-state index is -3.63. The number of pyridine rings is 1. The van der Waals surface area contributed by atoms with Crippen molar-refractivity contribution in [1.29, 1.82) is 0 Å². The third kappa shape index (κ3) is 4.43. The van der Waals surface area contributed by atoms with E-state index in [9.17, 15) is 8.42 Å². The van der Waals surface area contributed by atoms with Crippen LogP contribution in [0.15, 0.2) is 46.0 Å². The van der Waals surface area contributed by atoms with Crippen molar-refractivity contribution in [1.82, 2.24) is 14.2 Å². The molecule has 1 saturated heterocycles. The molecule has 0 N–H and O–H groups in total. The molecule has 9 heteroatoms. The highest BCUT2D eigenvalue weighted by Crippen LogP contribution is 2.36. The first-order chi connectivity index (χ1) is 13.0. The van der Waals surface area contributed by atoms with E-state index in [1.807, 2.05) is 12.1 Å². The summed E-state index contributed by atoms with van der Waals surface area (Å²) in [5.41, 5.74) is 1.17. The van der Waals surface area contributed by atoms with Crippen LogP contribution in [0.2, 0.25) is 0 Å². The highest BCUT2D eigenvalue weighted by molar-refractivity contribution is 9.10. The lowest BCUT2D eigenvalue weighted by atomic mass is 10.2. The van der Waals surface area contributed by atoms with Gasteiger partial charge in [-0.1, -0.05) is 0 Å². The van der Waals surface area contributed by atoms with Crippen LogP contribution >= 0.6 is 15.9 Å². The molecule has 3 rings (SSSR count). The third-order valence-corrected chi connectivity index (χ3v) is 7.40. The molecule has 1 aliphatic rings. The third-order valence-electron chi connectivity index (χ3n) is 4.54. The Hall–Kier alpha value is -1.68. The van der Waals surface area contributed by atoms with Crippen molar-refractivity contribution < 1.29 is 17.9 Å². The van der Waals surface area contributed by atoms with Gasteiger partial charge in [-0.25, -0.2) is 8.42 Å². The zero-order valence-corrected chi connectivity index (χ0v) is 17.7. The van der Waals surface area contributed by atoms with Crippen molar-refractivity contribution in [3.63, 3.8) is 0 Å². The highest BCUT2D eigenvalue weighted by Gasteiger charge is 2.31. The second-order valence-electron chi connectivity index (χ2n) is 6.17. The average Bonchev–Trinajstić information content (AvgIpc) is 2.68. The largest absolute Gasteiger partial charge is 0.493 e. The summed E-state index contributed by atoms with van der Waals surface area (Å²) in [4.78, 5) is 6.45. The van der Waals surface area contributed by atoms with Crippen molar-refractivity contribution in [3.05, 3.63) is 46.7 Å². The summed E-state index contributed by atoms with van der Waals surface area (Å²) in [6.45, 7) is 3.01. The molecule has 0 unspecified atom stereocenters. The van der Waals surface area contributed by atoms with E-state index >= 15 is 0 Å². The maximum atomic E-state index is 13.1. The molecule has 1 aromatic carbocycles. The topological polar surface area (TPSA) is 72.0 Å². The Labute approximate surface area is 168 Å². The number of hydrogen-bond acceptors (Lipinski definition) is 6. The summed E-state index contributed by atoms with van der Waals surface area (Å²) in [5, 5.41) is 0. The smallest absolute Gasteiger partial charge is 0.244 e. The second kappa shape index (κ2) is 8.55. The van der Waals surface area contributed by atoms with Gasteiger partial charge in [0.15, 0.2) is 11.5 Å². The molecule has 7 nitrogen and oxygen atoms in total. The predicted octanol–water partition coefficient (Wildman–Crippen LogP) is 2.37. The standard InChI is InChI=1S/C18H22BrN3O4S/c1-25-16-11-15(19)18(12-17(16)26-2)27(23,24)22-9-7-21(8-10-22)13-14-3-5-20-6-4-14/h3-6,11-12H,7-10,13H2,1-2H3. The van der Waals surface area contributed by atoms with E-state index in [1.54, 1.807) is 18.5 Å². The number of halogens is 1. The molecule has 1 aliphatic heterocycles. The van der Waals surface area contributed by atoms with Gasteiger partial charge >= 0.3 is 0 Å². The van der Waals surface area contributed by atoms with Crippen LogP contribution in [0.25, 0.3) is 0 Å². The van der Waals surface area contributed by atoms with Gasteiger partial charge in [-0.05, 0) is 39.7 Å². The van der Waals surface area contributed by atoms with Gasteiger partial charge in [0.05, 0.1) is 14.2 Å². The van der Waals surface area contributed by atoms with Crippen LogP contribution in [-0.4, -0.2) is 63.0 Å². The van der Waals surface area contributed by atoms with Crippen LogP contribution in [0.5, 0.6) is 11.5 Å². The van der Waals surface area contributed by atoms with Crippen molar-refractivity contribution in [2.24, 2.45) is 0 Å². The summed E-state index contributed by atoms with van der Waals surface area (Å²) in [6.07, 6.45) is 3.54. The van der Waals surface area contributed by atoms with Crippen LogP contribution in [-0.2, 0) is 16.6 Å². The fourth-order valence-corrected chi connectivity index (χ4v) is 5.47. The van der Waals surface area contributed by atoms with Crippen LogP contribution in [0.4, 0.5) is 0 Å². The van der Waals surface area contributed by atoms with E-state index < -0.39 is 10.0 Å². The summed E-state index contributed by atoms with van der Waals surface area (Å²) in [7, 11) is -0.632. The molecule has 2 heterocycles. The zero-order valence-electron chi connectivity index (χ0n) is 15.3. The molecule has 0 atom stereocenters. The van der Waals surface area contributed by atoms with Crippen LogP contribution in [0, 0.1) is 0 Å². The van der Waals surface area contributed by atoms with Gasteiger partial charge in [-0.3, -0.25) is 9.88 Å². The number of nitrogens with zero attached hydrogens (tertiary/aromatic N) is 3. The lowest BCUT2D eigenvalue weighted by molar-refractivity contribution is 0.181. The maximum absolute atomic E-state index is 13.1. The normalized spacial score (nSPS) is 16.3. The quantitative estimate of drug-likeness (QED) is 0.665. The van der Waals surface area contributed by atoms with Crippen LogP contribution in [0.3, 0.4) is 0 Å². The van der Waals surface area contributed by atoms with E-state index in [2.05, 4.69) is 25.8 Å². The number of hydrogen-bond donors (Lipinski definition) is 0. The number of rotatable bonds is 6. The summed E-state index contributed by atoms with van der Waals surface area (Å²) in [6, 6.07) is 7.07. The van der Waals surface area contributed by atoms with Gasteiger partial charge in [-0.15, -0.1) is 0 Å². The van der Waals surface area contributed by atoms with Crippen molar-refractivity contribution in [3.8, 4) is 11.5 Å².